The predicted molar refractivity (Wildman–Crippen MR) is 66.2 cm³/mol. The monoisotopic (exact) mass is 220 g/mol. The van der Waals surface area contributed by atoms with Gasteiger partial charge in [-0.05, 0) is 25.7 Å². The third-order valence-corrected chi connectivity index (χ3v) is 2.18. The summed E-state index contributed by atoms with van der Waals surface area (Å²) in [7, 11) is 0. The quantitative estimate of drug-likeness (QED) is 0.584. The molecule has 0 N–H and O–H groups in total. The number of ether oxygens (including phenoxy) is 2. The molecule has 0 aromatic carbocycles. The van der Waals surface area contributed by atoms with E-state index in [2.05, 4.69) is 36.1 Å². The molecule has 1 heterocycles. The lowest BCUT2D eigenvalue weighted by molar-refractivity contribution is 0.159. The van der Waals surface area contributed by atoms with E-state index in [0.717, 1.165) is 38.9 Å². The lowest BCUT2D eigenvalue weighted by Gasteiger charge is -1.98. The SMILES string of the molecule is C1#CCOCCC/C=C/C=C\CCCOC1. The Kier molecular flexibility index (Phi) is 8.53. The molecule has 2 heteroatoms. The highest BCUT2D eigenvalue weighted by atomic mass is 16.5. The molecule has 0 bridgehead atoms. The van der Waals surface area contributed by atoms with Crippen LogP contribution in [0.2, 0.25) is 0 Å². The third-order valence-electron chi connectivity index (χ3n) is 2.18. The van der Waals surface area contributed by atoms with Gasteiger partial charge in [0.1, 0.15) is 13.2 Å². The summed E-state index contributed by atoms with van der Waals surface area (Å²) in [5.74, 6) is 5.88. The zero-order valence-electron chi connectivity index (χ0n) is 9.78. The van der Waals surface area contributed by atoms with E-state index in [1.54, 1.807) is 0 Å². The van der Waals surface area contributed by atoms with E-state index in [0.29, 0.717) is 13.2 Å². The van der Waals surface area contributed by atoms with Gasteiger partial charge in [0.2, 0.25) is 0 Å². The Balaban J connectivity index is 2.24. The molecule has 0 aliphatic carbocycles. The van der Waals surface area contributed by atoms with Crippen molar-refractivity contribution < 1.29 is 9.47 Å². The van der Waals surface area contributed by atoms with Gasteiger partial charge in [-0.1, -0.05) is 36.1 Å². The summed E-state index contributed by atoms with van der Waals surface area (Å²) >= 11 is 0. The molecular weight excluding hydrogens is 200 g/mol. The molecule has 0 spiro atoms. The molecule has 0 fully saturated rings. The first-order valence-electron chi connectivity index (χ1n) is 5.93. The molecule has 1 rings (SSSR count). The molecule has 0 amide bonds. The fourth-order valence-corrected chi connectivity index (χ4v) is 1.30. The first-order chi connectivity index (χ1) is 8.00. The smallest absolute Gasteiger partial charge is 0.107 e. The van der Waals surface area contributed by atoms with Crippen LogP contribution >= 0.6 is 0 Å². The zero-order valence-corrected chi connectivity index (χ0v) is 9.78. The molecule has 16 heavy (non-hydrogen) atoms. The van der Waals surface area contributed by atoms with Crippen molar-refractivity contribution in [3.05, 3.63) is 24.3 Å². The maximum atomic E-state index is 5.35. The Morgan fingerprint density at radius 1 is 0.750 bits per heavy atom. The van der Waals surface area contributed by atoms with Crippen LogP contribution in [0.3, 0.4) is 0 Å². The third kappa shape index (κ3) is 8.28. The second kappa shape index (κ2) is 10.5. The van der Waals surface area contributed by atoms with E-state index in [4.69, 9.17) is 9.47 Å². The van der Waals surface area contributed by atoms with Gasteiger partial charge in [0.05, 0.1) is 0 Å². The predicted octanol–water partition coefficient (Wildman–Crippen LogP) is 2.71. The van der Waals surface area contributed by atoms with Crippen molar-refractivity contribution in [2.24, 2.45) is 0 Å². The van der Waals surface area contributed by atoms with Crippen LogP contribution in [0.25, 0.3) is 0 Å². The van der Waals surface area contributed by atoms with Gasteiger partial charge in [-0.15, -0.1) is 0 Å². The van der Waals surface area contributed by atoms with Crippen molar-refractivity contribution in [3.8, 4) is 11.8 Å². The van der Waals surface area contributed by atoms with Crippen molar-refractivity contribution in [2.45, 2.75) is 25.7 Å². The average Bonchev–Trinajstić information content (AvgIpc) is 2.29. The first kappa shape index (κ1) is 13.0. The second-order valence-electron chi connectivity index (χ2n) is 3.60. The minimum absolute atomic E-state index is 0.521. The van der Waals surface area contributed by atoms with Crippen LogP contribution in [0, 0.1) is 11.8 Å². The maximum absolute atomic E-state index is 5.35. The Hall–Kier alpha value is -1.04. The number of hydrogen-bond acceptors (Lipinski definition) is 2. The van der Waals surface area contributed by atoms with Crippen LogP contribution in [-0.2, 0) is 9.47 Å². The van der Waals surface area contributed by atoms with Crippen molar-refractivity contribution in [1.29, 1.82) is 0 Å². The van der Waals surface area contributed by atoms with E-state index in [1.807, 2.05) is 0 Å². The highest BCUT2D eigenvalue weighted by molar-refractivity contribution is 5.02. The maximum Gasteiger partial charge on any atom is 0.107 e. The summed E-state index contributed by atoms with van der Waals surface area (Å²) in [6.45, 7) is 2.60. The summed E-state index contributed by atoms with van der Waals surface area (Å²) in [6, 6.07) is 0. The Morgan fingerprint density at radius 2 is 1.25 bits per heavy atom. The summed E-state index contributed by atoms with van der Waals surface area (Å²) in [4.78, 5) is 0. The summed E-state index contributed by atoms with van der Waals surface area (Å²) < 4.78 is 10.7. The summed E-state index contributed by atoms with van der Waals surface area (Å²) in [5.41, 5.74) is 0. The van der Waals surface area contributed by atoms with E-state index in [-0.39, 0.29) is 0 Å². The van der Waals surface area contributed by atoms with E-state index in [1.165, 1.54) is 0 Å². The molecule has 0 atom stereocenters. The molecule has 0 radical (unpaired) electrons. The highest BCUT2D eigenvalue weighted by Crippen LogP contribution is 1.95. The Bertz CT molecular complexity index is 242. The van der Waals surface area contributed by atoms with Gasteiger partial charge in [0, 0.05) is 13.2 Å². The lowest BCUT2D eigenvalue weighted by Crippen LogP contribution is -1.96. The van der Waals surface area contributed by atoms with Crippen LogP contribution in [0.15, 0.2) is 24.3 Å². The topological polar surface area (TPSA) is 18.5 Å². The molecule has 2 nitrogen and oxygen atoms in total. The van der Waals surface area contributed by atoms with Crippen molar-refractivity contribution in [2.75, 3.05) is 26.4 Å². The molecule has 0 saturated carbocycles. The number of hydrogen-bond donors (Lipinski definition) is 0. The minimum Gasteiger partial charge on any atom is -0.369 e. The highest BCUT2D eigenvalue weighted by Gasteiger charge is 1.86. The Morgan fingerprint density at radius 3 is 1.75 bits per heavy atom. The molecule has 0 aromatic rings. The van der Waals surface area contributed by atoms with E-state index < -0.39 is 0 Å². The molecule has 88 valence electrons. The van der Waals surface area contributed by atoms with Crippen LogP contribution in [-0.4, -0.2) is 26.4 Å². The van der Waals surface area contributed by atoms with Crippen LogP contribution in [0.1, 0.15) is 25.7 Å². The Labute approximate surface area is 98.3 Å². The lowest BCUT2D eigenvalue weighted by atomic mass is 10.2. The van der Waals surface area contributed by atoms with Crippen molar-refractivity contribution in [3.63, 3.8) is 0 Å². The van der Waals surface area contributed by atoms with Gasteiger partial charge in [0.25, 0.3) is 0 Å². The fourth-order valence-electron chi connectivity index (χ4n) is 1.30. The number of rotatable bonds is 0. The van der Waals surface area contributed by atoms with Crippen molar-refractivity contribution in [1.82, 2.24) is 0 Å². The molecule has 1 aliphatic heterocycles. The minimum atomic E-state index is 0.521. The molecule has 0 aromatic heterocycles. The van der Waals surface area contributed by atoms with Gasteiger partial charge in [-0.2, -0.15) is 0 Å². The van der Waals surface area contributed by atoms with Gasteiger partial charge >= 0.3 is 0 Å². The standard InChI is InChI=1S/C14H20O2/c1-2-4-6-8-12-16-14-10-9-13-15-11-7-5-3-1/h1-4H,5-8,11-14H2/b3-1-,4-2+. The van der Waals surface area contributed by atoms with Crippen LogP contribution in [0.5, 0.6) is 0 Å². The largest absolute Gasteiger partial charge is 0.369 e. The molecule has 1 aliphatic rings. The zero-order chi connectivity index (χ0) is 11.3. The average molecular weight is 220 g/mol. The van der Waals surface area contributed by atoms with E-state index >= 15 is 0 Å². The molecule has 0 saturated heterocycles. The van der Waals surface area contributed by atoms with Gasteiger partial charge in [-0.25, -0.2) is 0 Å². The molecule has 0 unspecified atom stereocenters. The normalized spacial score (nSPS) is 24.0. The van der Waals surface area contributed by atoms with Gasteiger partial charge in [-0.3, -0.25) is 0 Å². The molecular formula is C14H20O2. The number of allylic oxidation sites excluding steroid dienone is 4. The van der Waals surface area contributed by atoms with Gasteiger partial charge in [0.15, 0.2) is 0 Å². The van der Waals surface area contributed by atoms with Gasteiger partial charge < -0.3 is 9.47 Å². The summed E-state index contributed by atoms with van der Waals surface area (Å²) in [6.07, 6.45) is 12.8. The second-order valence-corrected chi connectivity index (χ2v) is 3.60. The fraction of sp³-hybridized carbons (Fsp3) is 0.571. The van der Waals surface area contributed by atoms with E-state index in [9.17, 15) is 0 Å². The summed E-state index contributed by atoms with van der Waals surface area (Å²) in [5, 5.41) is 0. The van der Waals surface area contributed by atoms with Crippen molar-refractivity contribution >= 4 is 0 Å². The van der Waals surface area contributed by atoms with Crippen LogP contribution < -0.4 is 0 Å². The van der Waals surface area contributed by atoms with Crippen LogP contribution in [0.4, 0.5) is 0 Å². The first-order valence-corrected chi connectivity index (χ1v) is 5.93.